The van der Waals surface area contributed by atoms with Crippen molar-refractivity contribution in [3.63, 3.8) is 0 Å². The second kappa shape index (κ2) is 5.85. The number of fused-ring (bicyclic) bond motifs is 1. The van der Waals surface area contributed by atoms with Gasteiger partial charge in [-0.15, -0.1) is 0 Å². The van der Waals surface area contributed by atoms with Crippen LogP contribution in [0.1, 0.15) is 36.8 Å². The quantitative estimate of drug-likeness (QED) is 0.789. The Kier molecular flexibility index (Phi) is 3.93. The molecular formula is C17H22N2O. The lowest BCUT2D eigenvalue weighted by Crippen LogP contribution is -2.41. The molecule has 0 N–H and O–H groups in total. The summed E-state index contributed by atoms with van der Waals surface area (Å²) in [6.45, 7) is 3.53. The maximum Gasteiger partial charge on any atom is 0.123 e. The molecule has 1 aromatic carbocycles. The smallest absolute Gasteiger partial charge is 0.123 e. The van der Waals surface area contributed by atoms with Crippen LogP contribution < -0.4 is 4.74 Å². The van der Waals surface area contributed by atoms with Gasteiger partial charge >= 0.3 is 0 Å². The highest BCUT2D eigenvalue weighted by Gasteiger charge is 2.29. The summed E-state index contributed by atoms with van der Waals surface area (Å²) in [6, 6.07) is 9.31. The average molecular weight is 270 g/mol. The van der Waals surface area contributed by atoms with E-state index in [4.69, 9.17) is 10.00 Å². The number of hydrogen-bond acceptors (Lipinski definition) is 3. The van der Waals surface area contributed by atoms with Gasteiger partial charge in [0.05, 0.1) is 12.6 Å². The SMILES string of the molecule is Cc1ccc2c(c1)CC(CN(CC#N)C1CCCC1)O2. The van der Waals surface area contributed by atoms with Gasteiger partial charge in [0.25, 0.3) is 0 Å². The molecule has 1 aliphatic carbocycles. The Bertz CT molecular complexity index is 514. The highest BCUT2D eigenvalue weighted by atomic mass is 16.5. The lowest BCUT2D eigenvalue weighted by atomic mass is 10.1. The fourth-order valence-corrected chi connectivity index (χ4v) is 3.52. The van der Waals surface area contributed by atoms with E-state index in [1.807, 2.05) is 0 Å². The minimum absolute atomic E-state index is 0.209. The van der Waals surface area contributed by atoms with Crippen molar-refractivity contribution in [2.45, 2.75) is 51.2 Å². The van der Waals surface area contributed by atoms with Crippen molar-refractivity contribution in [3.8, 4) is 11.8 Å². The number of hydrogen-bond donors (Lipinski definition) is 0. The van der Waals surface area contributed by atoms with Gasteiger partial charge in [0.15, 0.2) is 0 Å². The summed E-state index contributed by atoms with van der Waals surface area (Å²) in [5.74, 6) is 1.03. The van der Waals surface area contributed by atoms with Gasteiger partial charge in [0, 0.05) is 19.0 Å². The molecule has 2 aliphatic rings. The summed E-state index contributed by atoms with van der Waals surface area (Å²) in [6.07, 6.45) is 6.27. The van der Waals surface area contributed by atoms with Crippen LogP contribution in [0.15, 0.2) is 18.2 Å². The van der Waals surface area contributed by atoms with Crippen LogP contribution >= 0.6 is 0 Å². The third-order valence-corrected chi connectivity index (χ3v) is 4.51. The molecule has 0 spiro atoms. The summed E-state index contributed by atoms with van der Waals surface area (Å²) in [5, 5.41) is 9.05. The number of aryl methyl sites for hydroxylation is 1. The third kappa shape index (κ3) is 2.81. The van der Waals surface area contributed by atoms with Crippen LogP contribution in [0, 0.1) is 18.3 Å². The molecule has 1 aliphatic heterocycles. The topological polar surface area (TPSA) is 36.3 Å². The molecule has 1 heterocycles. The van der Waals surface area contributed by atoms with Gasteiger partial charge in [-0.3, -0.25) is 4.90 Å². The van der Waals surface area contributed by atoms with E-state index in [0.717, 1.165) is 18.7 Å². The summed E-state index contributed by atoms with van der Waals surface area (Å²) in [5.41, 5.74) is 2.61. The fraction of sp³-hybridized carbons (Fsp3) is 0.588. The van der Waals surface area contributed by atoms with Crippen molar-refractivity contribution >= 4 is 0 Å². The summed E-state index contributed by atoms with van der Waals surface area (Å²) >= 11 is 0. The number of rotatable bonds is 4. The Hall–Kier alpha value is -1.53. The molecule has 106 valence electrons. The zero-order valence-corrected chi connectivity index (χ0v) is 12.1. The lowest BCUT2D eigenvalue weighted by molar-refractivity contribution is 0.129. The van der Waals surface area contributed by atoms with Crippen molar-refractivity contribution in [2.75, 3.05) is 13.1 Å². The maximum absolute atomic E-state index is 9.05. The molecular weight excluding hydrogens is 248 g/mol. The molecule has 1 unspecified atom stereocenters. The van der Waals surface area contributed by atoms with Crippen LogP contribution in [-0.4, -0.2) is 30.1 Å². The summed E-state index contributed by atoms with van der Waals surface area (Å²) < 4.78 is 6.05. The third-order valence-electron chi connectivity index (χ3n) is 4.51. The van der Waals surface area contributed by atoms with Crippen molar-refractivity contribution in [3.05, 3.63) is 29.3 Å². The van der Waals surface area contributed by atoms with Crippen molar-refractivity contribution in [1.29, 1.82) is 5.26 Å². The van der Waals surface area contributed by atoms with Gasteiger partial charge in [-0.05, 0) is 31.4 Å². The largest absolute Gasteiger partial charge is 0.488 e. The normalized spacial score (nSPS) is 21.8. The first-order valence-electron chi connectivity index (χ1n) is 7.63. The molecule has 3 rings (SSSR count). The van der Waals surface area contributed by atoms with Crippen molar-refractivity contribution in [2.24, 2.45) is 0 Å². The lowest BCUT2D eigenvalue weighted by Gasteiger charge is -2.28. The predicted octanol–water partition coefficient (Wildman–Crippen LogP) is 3.07. The average Bonchev–Trinajstić information content (AvgIpc) is 3.06. The van der Waals surface area contributed by atoms with E-state index in [2.05, 4.69) is 36.1 Å². The monoisotopic (exact) mass is 270 g/mol. The molecule has 1 fully saturated rings. The zero-order valence-electron chi connectivity index (χ0n) is 12.1. The van der Waals surface area contributed by atoms with Crippen LogP contribution in [0.5, 0.6) is 5.75 Å². The molecule has 1 atom stereocenters. The van der Waals surface area contributed by atoms with Gasteiger partial charge < -0.3 is 4.74 Å². The molecule has 0 amide bonds. The molecule has 20 heavy (non-hydrogen) atoms. The molecule has 3 heteroatoms. The Morgan fingerprint density at radius 1 is 1.35 bits per heavy atom. The molecule has 0 radical (unpaired) electrons. The number of nitriles is 1. The first kappa shape index (κ1) is 13.5. The molecule has 1 aromatic rings. The second-order valence-corrected chi connectivity index (χ2v) is 6.08. The Labute approximate surface area is 121 Å². The Balaban J connectivity index is 1.64. The van der Waals surface area contributed by atoms with E-state index in [0.29, 0.717) is 12.6 Å². The highest BCUT2D eigenvalue weighted by molar-refractivity contribution is 5.40. The summed E-state index contributed by atoms with van der Waals surface area (Å²) in [4.78, 5) is 2.33. The molecule has 1 saturated carbocycles. The minimum atomic E-state index is 0.209. The van der Waals surface area contributed by atoms with Crippen LogP contribution in [0.3, 0.4) is 0 Å². The van der Waals surface area contributed by atoms with Crippen LogP contribution in [0.2, 0.25) is 0 Å². The number of ether oxygens (including phenoxy) is 1. The molecule has 0 bridgehead atoms. The standard InChI is InChI=1S/C17H22N2O/c1-13-6-7-17-14(10-13)11-16(20-17)12-19(9-8-18)15-4-2-3-5-15/h6-7,10,15-16H,2-5,9,11-12H2,1H3. The fourth-order valence-electron chi connectivity index (χ4n) is 3.52. The van der Waals surface area contributed by atoms with Gasteiger partial charge in [-0.25, -0.2) is 0 Å². The Morgan fingerprint density at radius 2 is 2.15 bits per heavy atom. The number of nitrogens with zero attached hydrogens (tertiary/aromatic N) is 2. The van der Waals surface area contributed by atoms with Crippen molar-refractivity contribution in [1.82, 2.24) is 4.90 Å². The van der Waals surface area contributed by atoms with Gasteiger partial charge in [0.1, 0.15) is 11.9 Å². The van der Waals surface area contributed by atoms with E-state index in [1.165, 1.54) is 36.8 Å². The van der Waals surface area contributed by atoms with E-state index in [1.54, 1.807) is 0 Å². The molecule has 0 aromatic heterocycles. The molecule has 0 saturated heterocycles. The Morgan fingerprint density at radius 3 is 2.90 bits per heavy atom. The minimum Gasteiger partial charge on any atom is -0.488 e. The highest BCUT2D eigenvalue weighted by Crippen LogP contribution is 2.31. The van der Waals surface area contributed by atoms with Crippen LogP contribution in [-0.2, 0) is 6.42 Å². The van der Waals surface area contributed by atoms with Crippen LogP contribution in [0.4, 0.5) is 0 Å². The first-order chi connectivity index (χ1) is 9.76. The van der Waals surface area contributed by atoms with Crippen molar-refractivity contribution < 1.29 is 4.74 Å². The van der Waals surface area contributed by atoms with E-state index in [-0.39, 0.29) is 6.10 Å². The molecule has 3 nitrogen and oxygen atoms in total. The maximum atomic E-state index is 9.05. The summed E-state index contributed by atoms with van der Waals surface area (Å²) in [7, 11) is 0. The second-order valence-electron chi connectivity index (χ2n) is 6.08. The van der Waals surface area contributed by atoms with Gasteiger partial charge in [0.2, 0.25) is 0 Å². The van der Waals surface area contributed by atoms with Gasteiger partial charge in [-0.1, -0.05) is 30.5 Å². The van der Waals surface area contributed by atoms with E-state index in [9.17, 15) is 0 Å². The zero-order chi connectivity index (χ0) is 13.9. The van der Waals surface area contributed by atoms with Crippen LogP contribution in [0.25, 0.3) is 0 Å². The predicted molar refractivity (Wildman–Crippen MR) is 78.7 cm³/mol. The first-order valence-corrected chi connectivity index (χ1v) is 7.63. The number of benzene rings is 1. The van der Waals surface area contributed by atoms with E-state index < -0.39 is 0 Å². The van der Waals surface area contributed by atoms with E-state index >= 15 is 0 Å². The van der Waals surface area contributed by atoms with Gasteiger partial charge in [-0.2, -0.15) is 5.26 Å².